The molecule has 0 bridgehead atoms. The molecule has 1 fully saturated rings. The van der Waals surface area contributed by atoms with Gasteiger partial charge in [-0.25, -0.2) is 0 Å². The number of halogens is 3. The van der Waals surface area contributed by atoms with Crippen LogP contribution in [0.1, 0.15) is 44.9 Å². The number of alkyl halides is 3. The van der Waals surface area contributed by atoms with Gasteiger partial charge in [-0.15, -0.1) is 0 Å². The summed E-state index contributed by atoms with van der Waals surface area (Å²) in [5, 5.41) is 3.12. The van der Waals surface area contributed by atoms with Gasteiger partial charge in [-0.3, -0.25) is 0 Å². The van der Waals surface area contributed by atoms with Crippen LogP contribution in [0.3, 0.4) is 0 Å². The third kappa shape index (κ3) is 3.85. The van der Waals surface area contributed by atoms with Crippen molar-refractivity contribution in [3.8, 4) is 0 Å². The van der Waals surface area contributed by atoms with Crippen LogP contribution in [0.15, 0.2) is 0 Å². The second kappa shape index (κ2) is 6.24. The van der Waals surface area contributed by atoms with E-state index in [0.29, 0.717) is 0 Å². The van der Waals surface area contributed by atoms with E-state index in [0.717, 1.165) is 25.7 Å². The molecule has 1 aliphatic rings. The summed E-state index contributed by atoms with van der Waals surface area (Å²) in [6.45, 7) is 0. The molecule has 5 heteroatoms. The number of rotatable bonds is 5. The van der Waals surface area contributed by atoms with E-state index in [2.05, 4.69) is 10.2 Å². The first-order valence-electron chi connectivity index (χ1n) is 6.73. The van der Waals surface area contributed by atoms with Gasteiger partial charge in [-0.1, -0.05) is 19.3 Å². The Morgan fingerprint density at radius 1 is 1.17 bits per heavy atom. The van der Waals surface area contributed by atoms with Gasteiger partial charge < -0.3 is 10.2 Å². The maximum atomic E-state index is 12.4. The maximum Gasteiger partial charge on any atom is 0.389 e. The molecule has 18 heavy (non-hydrogen) atoms. The Morgan fingerprint density at radius 2 is 1.72 bits per heavy atom. The zero-order valence-corrected chi connectivity index (χ0v) is 11.6. The van der Waals surface area contributed by atoms with Crippen LogP contribution in [-0.2, 0) is 0 Å². The molecule has 0 saturated heterocycles. The number of hydrogen-bond donors (Lipinski definition) is 1. The molecule has 0 amide bonds. The Balaban J connectivity index is 2.74. The van der Waals surface area contributed by atoms with Crippen molar-refractivity contribution in [3.63, 3.8) is 0 Å². The molecule has 0 radical (unpaired) electrons. The zero-order chi connectivity index (χ0) is 13.8. The summed E-state index contributed by atoms with van der Waals surface area (Å²) in [6.07, 6.45) is 0.812. The lowest BCUT2D eigenvalue weighted by Gasteiger charge is -2.48. The Bertz CT molecular complexity index is 245. The highest BCUT2D eigenvalue weighted by molar-refractivity contribution is 5.00. The van der Waals surface area contributed by atoms with Crippen LogP contribution >= 0.6 is 0 Å². The quantitative estimate of drug-likeness (QED) is 0.822. The number of nitrogens with one attached hydrogen (secondary N) is 1. The minimum Gasteiger partial charge on any atom is -0.315 e. The van der Waals surface area contributed by atoms with E-state index in [-0.39, 0.29) is 18.0 Å². The number of likely N-dealkylation sites (N-methyl/N-ethyl adjacent to an activating group) is 2. The van der Waals surface area contributed by atoms with Crippen LogP contribution in [0.25, 0.3) is 0 Å². The highest BCUT2D eigenvalue weighted by atomic mass is 19.4. The van der Waals surface area contributed by atoms with Gasteiger partial charge >= 0.3 is 6.18 Å². The summed E-state index contributed by atoms with van der Waals surface area (Å²) in [7, 11) is 5.76. The summed E-state index contributed by atoms with van der Waals surface area (Å²) < 4.78 is 37.2. The van der Waals surface area contributed by atoms with E-state index in [9.17, 15) is 13.2 Å². The Morgan fingerprint density at radius 3 is 2.11 bits per heavy atom. The summed E-state index contributed by atoms with van der Waals surface area (Å²) in [4.78, 5) is 2.13. The SMILES string of the molecule is CNC(CCC(F)(F)F)C1(N(C)C)CCCCC1. The third-order valence-corrected chi connectivity index (χ3v) is 4.32. The van der Waals surface area contributed by atoms with Gasteiger partial charge in [0.05, 0.1) is 0 Å². The fourth-order valence-electron chi connectivity index (χ4n) is 3.26. The lowest BCUT2D eigenvalue weighted by Crippen LogP contribution is -2.59. The summed E-state index contributed by atoms with van der Waals surface area (Å²) in [5.41, 5.74) is -0.113. The van der Waals surface area contributed by atoms with Gasteiger partial charge in [0.25, 0.3) is 0 Å². The molecular formula is C13H25F3N2. The zero-order valence-electron chi connectivity index (χ0n) is 11.6. The highest BCUT2D eigenvalue weighted by Crippen LogP contribution is 2.37. The largest absolute Gasteiger partial charge is 0.389 e. The van der Waals surface area contributed by atoms with Crippen molar-refractivity contribution in [2.24, 2.45) is 0 Å². The molecule has 108 valence electrons. The number of hydrogen-bond acceptors (Lipinski definition) is 2. The van der Waals surface area contributed by atoms with Gasteiger partial charge in [0.2, 0.25) is 0 Å². The average Bonchev–Trinajstić information content (AvgIpc) is 2.29. The predicted molar refractivity (Wildman–Crippen MR) is 67.6 cm³/mol. The standard InChI is InChI=1S/C13H25F3N2/c1-17-11(7-10-13(14,15)16)12(18(2)3)8-5-4-6-9-12/h11,17H,4-10H2,1-3H3. The van der Waals surface area contributed by atoms with Gasteiger partial charge in [0.1, 0.15) is 0 Å². The molecule has 1 saturated carbocycles. The molecule has 0 heterocycles. The first-order valence-corrected chi connectivity index (χ1v) is 6.73. The van der Waals surface area contributed by atoms with Crippen molar-refractivity contribution < 1.29 is 13.2 Å². The van der Waals surface area contributed by atoms with Crippen LogP contribution in [0.5, 0.6) is 0 Å². The fraction of sp³-hybridized carbons (Fsp3) is 1.00. The van der Waals surface area contributed by atoms with Gasteiger partial charge in [-0.2, -0.15) is 13.2 Å². The van der Waals surface area contributed by atoms with Crippen LogP contribution in [-0.4, -0.2) is 43.8 Å². The molecule has 1 aliphatic carbocycles. The second-order valence-corrected chi connectivity index (χ2v) is 5.55. The van der Waals surface area contributed by atoms with Gasteiger partial charge in [0.15, 0.2) is 0 Å². The fourth-order valence-corrected chi connectivity index (χ4v) is 3.26. The van der Waals surface area contributed by atoms with Crippen LogP contribution < -0.4 is 5.32 Å². The summed E-state index contributed by atoms with van der Waals surface area (Å²) in [6, 6.07) is -0.0885. The molecule has 1 atom stereocenters. The first kappa shape index (κ1) is 15.8. The van der Waals surface area contributed by atoms with E-state index < -0.39 is 12.6 Å². The highest BCUT2D eigenvalue weighted by Gasteiger charge is 2.42. The van der Waals surface area contributed by atoms with E-state index >= 15 is 0 Å². The van der Waals surface area contributed by atoms with Gasteiger partial charge in [-0.05, 0) is 40.4 Å². The van der Waals surface area contributed by atoms with Crippen molar-refractivity contribution in [2.75, 3.05) is 21.1 Å². The normalized spacial score (nSPS) is 22.2. The summed E-state index contributed by atoms with van der Waals surface area (Å²) >= 11 is 0. The van der Waals surface area contributed by atoms with Crippen molar-refractivity contribution in [3.05, 3.63) is 0 Å². The van der Waals surface area contributed by atoms with Crippen molar-refractivity contribution in [1.82, 2.24) is 10.2 Å². The van der Waals surface area contributed by atoms with Crippen molar-refractivity contribution >= 4 is 0 Å². The monoisotopic (exact) mass is 266 g/mol. The minimum atomic E-state index is -4.06. The molecule has 0 aromatic carbocycles. The van der Waals surface area contributed by atoms with Crippen LogP contribution in [0.2, 0.25) is 0 Å². The molecule has 1 unspecified atom stereocenters. The molecule has 2 nitrogen and oxygen atoms in total. The van der Waals surface area contributed by atoms with Crippen molar-refractivity contribution in [2.45, 2.75) is 62.7 Å². The van der Waals surface area contributed by atoms with E-state index in [1.165, 1.54) is 6.42 Å². The van der Waals surface area contributed by atoms with Crippen molar-refractivity contribution in [1.29, 1.82) is 0 Å². The van der Waals surface area contributed by atoms with Gasteiger partial charge in [0, 0.05) is 18.0 Å². The van der Waals surface area contributed by atoms with Crippen LogP contribution in [0, 0.1) is 0 Å². The second-order valence-electron chi connectivity index (χ2n) is 5.55. The lowest BCUT2D eigenvalue weighted by atomic mass is 9.74. The molecule has 0 aromatic rings. The third-order valence-electron chi connectivity index (χ3n) is 4.32. The smallest absolute Gasteiger partial charge is 0.315 e. The lowest BCUT2D eigenvalue weighted by molar-refractivity contribution is -0.139. The topological polar surface area (TPSA) is 15.3 Å². The van der Waals surface area contributed by atoms with E-state index in [1.807, 2.05) is 14.1 Å². The van der Waals surface area contributed by atoms with Crippen LogP contribution in [0.4, 0.5) is 13.2 Å². The summed E-state index contributed by atoms with van der Waals surface area (Å²) in [5.74, 6) is 0. The Labute approximate surface area is 108 Å². The average molecular weight is 266 g/mol. The maximum absolute atomic E-state index is 12.4. The van der Waals surface area contributed by atoms with E-state index in [4.69, 9.17) is 0 Å². The Kier molecular flexibility index (Phi) is 5.46. The Hall–Kier alpha value is -0.290. The molecule has 1 N–H and O–H groups in total. The molecule has 1 rings (SSSR count). The minimum absolute atomic E-state index is 0.0885. The van der Waals surface area contributed by atoms with E-state index in [1.54, 1.807) is 7.05 Å². The predicted octanol–water partition coefficient (Wildman–Crippen LogP) is 3.18. The molecule has 0 aliphatic heterocycles. The molecule has 0 aromatic heterocycles. The number of nitrogens with zero attached hydrogens (tertiary/aromatic N) is 1. The molecule has 0 spiro atoms. The molecular weight excluding hydrogens is 241 g/mol. The first-order chi connectivity index (χ1) is 8.32.